The summed E-state index contributed by atoms with van der Waals surface area (Å²) in [5, 5.41) is 5.39. The summed E-state index contributed by atoms with van der Waals surface area (Å²) in [6.07, 6.45) is 2.56. The molecule has 1 atom stereocenters. The van der Waals surface area contributed by atoms with Crippen LogP contribution < -0.4 is 10.6 Å². The molecule has 16 heavy (non-hydrogen) atoms. The van der Waals surface area contributed by atoms with E-state index in [1.807, 2.05) is 6.92 Å². The average molecular weight is 222 g/mol. The Morgan fingerprint density at radius 3 is 3.00 bits per heavy atom. The van der Waals surface area contributed by atoms with Gasteiger partial charge in [-0.1, -0.05) is 0 Å². The minimum atomic E-state index is -0.297. The van der Waals surface area contributed by atoms with E-state index in [0.717, 1.165) is 11.4 Å². The summed E-state index contributed by atoms with van der Waals surface area (Å²) in [6.45, 7) is 2.45. The van der Waals surface area contributed by atoms with Gasteiger partial charge in [0.1, 0.15) is 0 Å². The van der Waals surface area contributed by atoms with Crippen LogP contribution >= 0.6 is 0 Å². The number of nitrogens with zero attached hydrogens (tertiary/aromatic N) is 1. The summed E-state index contributed by atoms with van der Waals surface area (Å²) in [4.78, 5) is 29.4. The van der Waals surface area contributed by atoms with E-state index in [1.165, 1.54) is 0 Å². The minimum Gasteiger partial charge on any atom is -0.348 e. The van der Waals surface area contributed by atoms with Crippen molar-refractivity contribution in [2.75, 3.05) is 0 Å². The van der Waals surface area contributed by atoms with Gasteiger partial charge in [-0.2, -0.15) is 0 Å². The Labute approximate surface area is 92.8 Å². The first-order valence-electron chi connectivity index (χ1n) is 5.22. The summed E-state index contributed by atoms with van der Waals surface area (Å²) in [5.41, 5.74) is 1.88. The molecule has 2 heterocycles. The first-order valence-corrected chi connectivity index (χ1v) is 5.22. The number of hydrogen-bond acceptors (Lipinski definition) is 4. The molecule has 1 aliphatic rings. The third kappa shape index (κ3) is 2.27. The van der Waals surface area contributed by atoms with E-state index < -0.39 is 0 Å². The van der Waals surface area contributed by atoms with Crippen LogP contribution in [0.3, 0.4) is 0 Å². The van der Waals surface area contributed by atoms with Crippen molar-refractivity contribution in [1.29, 1.82) is 0 Å². The molecule has 1 fully saturated rings. The molecule has 1 aliphatic heterocycles. The molecule has 1 aromatic heterocycles. The van der Waals surface area contributed by atoms with Gasteiger partial charge in [-0.15, -0.1) is 0 Å². The topological polar surface area (TPSA) is 86.9 Å². The highest BCUT2D eigenvalue weighted by Crippen LogP contribution is 2.06. The van der Waals surface area contributed by atoms with Crippen LogP contribution in [-0.4, -0.2) is 27.8 Å². The van der Waals surface area contributed by atoms with Gasteiger partial charge in [-0.25, -0.2) is 4.98 Å². The van der Waals surface area contributed by atoms with Gasteiger partial charge in [0.05, 0.1) is 18.1 Å². The molecule has 0 aliphatic carbocycles. The van der Waals surface area contributed by atoms with Gasteiger partial charge in [0, 0.05) is 18.7 Å². The zero-order valence-corrected chi connectivity index (χ0v) is 9.04. The molecule has 0 spiro atoms. The monoisotopic (exact) mass is 222 g/mol. The smallest absolute Gasteiger partial charge is 0.243 e. The maximum Gasteiger partial charge on any atom is 0.243 e. The lowest BCUT2D eigenvalue weighted by Crippen LogP contribution is -2.50. The van der Waals surface area contributed by atoms with Crippen LogP contribution in [0, 0.1) is 6.92 Å². The number of imide groups is 1. The fourth-order valence-electron chi connectivity index (χ4n) is 1.67. The number of aryl methyl sites for hydroxylation is 1. The first kappa shape index (κ1) is 10.8. The highest BCUT2D eigenvalue weighted by molar-refractivity contribution is 6.00. The van der Waals surface area contributed by atoms with Gasteiger partial charge in [-0.3, -0.25) is 14.9 Å². The van der Waals surface area contributed by atoms with Crippen LogP contribution in [0.5, 0.6) is 0 Å². The fraction of sp³-hybridized carbons (Fsp3) is 0.500. The first-order chi connectivity index (χ1) is 7.66. The van der Waals surface area contributed by atoms with Crippen LogP contribution in [0.25, 0.3) is 0 Å². The normalized spacial score (nSPS) is 20.9. The van der Waals surface area contributed by atoms with Crippen LogP contribution in [0.4, 0.5) is 0 Å². The van der Waals surface area contributed by atoms with E-state index in [1.54, 1.807) is 6.33 Å². The van der Waals surface area contributed by atoms with Crippen molar-refractivity contribution in [2.24, 2.45) is 0 Å². The molecule has 0 bridgehead atoms. The second-order valence-corrected chi connectivity index (χ2v) is 3.86. The van der Waals surface area contributed by atoms with Crippen molar-refractivity contribution in [2.45, 2.75) is 32.4 Å². The summed E-state index contributed by atoms with van der Waals surface area (Å²) >= 11 is 0. The summed E-state index contributed by atoms with van der Waals surface area (Å²) < 4.78 is 0. The van der Waals surface area contributed by atoms with Crippen LogP contribution in [0.1, 0.15) is 24.2 Å². The zero-order valence-electron chi connectivity index (χ0n) is 9.04. The van der Waals surface area contributed by atoms with E-state index in [9.17, 15) is 9.59 Å². The molecule has 2 rings (SSSR count). The maximum atomic E-state index is 11.4. The van der Waals surface area contributed by atoms with E-state index in [-0.39, 0.29) is 17.9 Å². The summed E-state index contributed by atoms with van der Waals surface area (Å²) in [5.74, 6) is -0.441. The van der Waals surface area contributed by atoms with Gasteiger partial charge in [-0.05, 0) is 13.3 Å². The molecule has 1 aromatic rings. The fourth-order valence-corrected chi connectivity index (χ4v) is 1.67. The molecule has 1 unspecified atom stereocenters. The van der Waals surface area contributed by atoms with Crippen molar-refractivity contribution >= 4 is 11.8 Å². The summed E-state index contributed by atoms with van der Waals surface area (Å²) in [7, 11) is 0. The molecular formula is C10H14N4O2. The Hall–Kier alpha value is -1.69. The van der Waals surface area contributed by atoms with Crippen LogP contribution in [0.15, 0.2) is 6.33 Å². The number of hydrogen-bond donors (Lipinski definition) is 3. The molecule has 86 valence electrons. The van der Waals surface area contributed by atoms with Crippen molar-refractivity contribution in [3.63, 3.8) is 0 Å². The Kier molecular flexibility index (Phi) is 3.00. The van der Waals surface area contributed by atoms with Crippen molar-refractivity contribution in [3.8, 4) is 0 Å². The minimum absolute atomic E-state index is 0.195. The Morgan fingerprint density at radius 2 is 2.38 bits per heavy atom. The third-order valence-electron chi connectivity index (χ3n) is 2.69. The van der Waals surface area contributed by atoms with Gasteiger partial charge >= 0.3 is 0 Å². The Bertz CT molecular complexity index is 413. The molecular weight excluding hydrogens is 208 g/mol. The molecule has 2 amide bonds. The quantitative estimate of drug-likeness (QED) is 0.608. The molecule has 1 saturated heterocycles. The molecule has 6 heteroatoms. The van der Waals surface area contributed by atoms with E-state index in [0.29, 0.717) is 19.4 Å². The highest BCUT2D eigenvalue weighted by Gasteiger charge is 2.25. The van der Waals surface area contributed by atoms with Crippen molar-refractivity contribution in [3.05, 3.63) is 17.7 Å². The number of rotatable bonds is 3. The predicted octanol–water partition coefficient (Wildman–Crippen LogP) is -0.387. The van der Waals surface area contributed by atoms with Gasteiger partial charge < -0.3 is 10.3 Å². The SMILES string of the molecule is Cc1[nH]cnc1CNC1CCC(=O)NC1=O. The number of carbonyl (C=O) groups excluding carboxylic acids is 2. The second-order valence-electron chi connectivity index (χ2n) is 3.86. The second kappa shape index (κ2) is 4.44. The lowest BCUT2D eigenvalue weighted by atomic mass is 10.1. The number of carbonyl (C=O) groups is 2. The number of aromatic nitrogens is 2. The number of piperidine rings is 1. The number of nitrogens with one attached hydrogen (secondary N) is 3. The van der Waals surface area contributed by atoms with E-state index >= 15 is 0 Å². The number of H-pyrrole nitrogens is 1. The van der Waals surface area contributed by atoms with E-state index in [2.05, 4.69) is 20.6 Å². The molecule has 0 radical (unpaired) electrons. The number of imidazole rings is 1. The Balaban J connectivity index is 1.89. The van der Waals surface area contributed by atoms with E-state index in [4.69, 9.17) is 0 Å². The van der Waals surface area contributed by atoms with Crippen molar-refractivity contribution < 1.29 is 9.59 Å². The van der Waals surface area contributed by atoms with Gasteiger partial charge in [0.2, 0.25) is 11.8 Å². The van der Waals surface area contributed by atoms with Crippen molar-refractivity contribution in [1.82, 2.24) is 20.6 Å². The molecule has 3 N–H and O–H groups in total. The Morgan fingerprint density at radius 1 is 1.56 bits per heavy atom. The lowest BCUT2D eigenvalue weighted by molar-refractivity contribution is -0.134. The number of aromatic amines is 1. The highest BCUT2D eigenvalue weighted by atomic mass is 16.2. The van der Waals surface area contributed by atoms with Gasteiger partial charge in [0.15, 0.2) is 0 Å². The lowest BCUT2D eigenvalue weighted by Gasteiger charge is -2.21. The van der Waals surface area contributed by atoms with Crippen LogP contribution in [-0.2, 0) is 16.1 Å². The number of amides is 2. The molecule has 0 saturated carbocycles. The maximum absolute atomic E-state index is 11.4. The zero-order chi connectivity index (χ0) is 11.5. The average Bonchev–Trinajstić information content (AvgIpc) is 2.63. The largest absolute Gasteiger partial charge is 0.348 e. The third-order valence-corrected chi connectivity index (χ3v) is 2.69. The molecule has 0 aromatic carbocycles. The standard InChI is InChI=1S/C10H14N4O2/c1-6-8(13-5-12-6)4-11-7-2-3-9(15)14-10(7)16/h5,7,11H,2-4H2,1H3,(H,12,13)(H,14,15,16). The summed E-state index contributed by atoms with van der Waals surface area (Å²) in [6, 6.07) is -0.297. The molecule has 6 nitrogen and oxygen atoms in total. The van der Waals surface area contributed by atoms with Gasteiger partial charge in [0.25, 0.3) is 0 Å². The predicted molar refractivity (Wildman–Crippen MR) is 56.3 cm³/mol. The van der Waals surface area contributed by atoms with Crippen LogP contribution in [0.2, 0.25) is 0 Å².